The number of ether oxygens (including phenoxy) is 4. The minimum absolute atomic E-state index is 0.0900. The van der Waals surface area contributed by atoms with Crippen LogP contribution in [0.25, 0.3) is 10.9 Å². The van der Waals surface area contributed by atoms with Crippen LogP contribution in [0, 0.1) is 17.8 Å². The van der Waals surface area contributed by atoms with Crippen molar-refractivity contribution in [3.05, 3.63) is 29.5 Å². The van der Waals surface area contributed by atoms with Gasteiger partial charge in [-0.3, -0.25) is 9.69 Å². The number of aromatic amines is 1. The molecule has 1 N–H and O–H groups in total. The average molecular weight is 429 g/mol. The van der Waals surface area contributed by atoms with Crippen LogP contribution < -0.4 is 4.74 Å². The van der Waals surface area contributed by atoms with Crippen molar-refractivity contribution in [1.29, 1.82) is 0 Å². The number of methoxy groups -OCH3 is 4. The zero-order valence-corrected chi connectivity index (χ0v) is 18.7. The lowest BCUT2D eigenvalue weighted by Gasteiger charge is -2.53. The number of piperidine rings is 1. The fourth-order valence-electron chi connectivity index (χ4n) is 6.47. The number of benzene rings is 1. The summed E-state index contributed by atoms with van der Waals surface area (Å²) in [5.41, 5.74) is 3.82. The number of hydrogen-bond donors (Lipinski definition) is 1. The van der Waals surface area contributed by atoms with Gasteiger partial charge in [0.25, 0.3) is 0 Å². The standard InChI is InChI=1S/C24H32N2O5/c1-28-14-5-6-15-16-7-8-26-12-13-9-20(29-2)23(30-3)21(24(27)31-4)17(13)11-19(26)22(16)25-18(15)10-14/h5-6,10,13,17,19-21,23,25H,7-9,11-12H2,1-4H3/t13-,17-,19-,20?,21?,23?/m0/s1. The second kappa shape index (κ2) is 8.11. The summed E-state index contributed by atoms with van der Waals surface area (Å²) in [5, 5.41) is 1.28. The Morgan fingerprint density at radius 1 is 1.13 bits per heavy atom. The third-order valence-corrected chi connectivity index (χ3v) is 7.90. The Kier molecular flexibility index (Phi) is 5.44. The van der Waals surface area contributed by atoms with Gasteiger partial charge in [-0.25, -0.2) is 0 Å². The molecule has 3 heterocycles. The highest BCUT2D eigenvalue weighted by Gasteiger charge is 2.53. The van der Waals surface area contributed by atoms with Crippen LogP contribution in [-0.2, 0) is 25.4 Å². The van der Waals surface area contributed by atoms with Crippen LogP contribution in [0.15, 0.2) is 18.2 Å². The molecule has 2 aliphatic heterocycles. The Morgan fingerprint density at radius 2 is 1.97 bits per heavy atom. The molecule has 1 saturated heterocycles. The molecular weight excluding hydrogens is 396 g/mol. The van der Waals surface area contributed by atoms with Gasteiger partial charge >= 0.3 is 5.97 Å². The van der Waals surface area contributed by atoms with Crippen LogP contribution in [0.1, 0.15) is 30.1 Å². The molecule has 6 atom stereocenters. The first kappa shape index (κ1) is 20.8. The first-order valence-electron chi connectivity index (χ1n) is 11.2. The summed E-state index contributed by atoms with van der Waals surface area (Å²) in [6.07, 6.45) is 2.49. The molecule has 0 bridgehead atoms. The molecule has 31 heavy (non-hydrogen) atoms. The van der Waals surface area contributed by atoms with Gasteiger partial charge in [-0.2, -0.15) is 0 Å². The monoisotopic (exact) mass is 428 g/mol. The lowest BCUT2D eigenvalue weighted by Crippen LogP contribution is -2.58. The topological polar surface area (TPSA) is 73.0 Å². The maximum absolute atomic E-state index is 12.9. The largest absolute Gasteiger partial charge is 0.497 e. The van der Waals surface area contributed by atoms with Crippen LogP contribution in [0.5, 0.6) is 5.75 Å². The number of hydrogen-bond acceptors (Lipinski definition) is 6. The van der Waals surface area contributed by atoms with Crippen molar-refractivity contribution >= 4 is 16.9 Å². The van der Waals surface area contributed by atoms with Crippen LogP contribution in [0.2, 0.25) is 0 Å². The molecule has 5 rings (SSSR count). The summed E-state index contributed by atoms with van der Waals surface area (Å²) in [6, 6.07) is 6.54. The molecule has 1 aromatic heterocycles. The minimum atomic E-state index is -0.310. The van der Waals surface area contributed by atoms with Gasteiger partial charge in [0.1, 0.15) is 5.75 Å². The Hall–Kier alpha value is -2.09. The molecular formula is C24H32N2O5. The number of aromatic nitrogens is 1. The van der Waals surface area contributed by atoms with Crippen LogP contribution in [-0.4, -0.2) is 69.6 Å². The molecule has 1 saturated carbocycles. The molecule has 3 aliphatic rings. The highest BCUT2D eigenvalue weighted by atomic mass is 16.5. The number of nitrogens with zero attached hydrogens (tertiary/aromatic N) is 1. The molecule has 0 radical (unpaired) electrons. The minimum Gasteiger partial charge on any atom is -0.497 e. The summed E-state index contributed by atoms with van der Waals surface area (Å²) in [6.45, 7) is 2.01. The maximum atomic E-state index is 12.9. The third kappa shape index (κ3) is 3.25. The van der Waals surface area contributed by atoms with E-state index in [1.165, 1.54) is 23.8 Å². The van der Waals surface area contributed by atoms with Gasteiger partial charge in [0, 0.05) is 50.0 Å². The van der Waals surface area contributed by atoms with Crippen molar-refractivity contribution in [3.8, 4) is 5.75 Å². The summed E-state index contributed by atoms with van der Waals surface area (Å²) in [7, 11) is 6.55. The lowest BCUT2D eigenvalue weighted by atomic mass is 9.64. The molecule has 168 valence electrons. The van der Waals surface area contributed by atoms with Crippen molar-refractivity contribution in [2.45, 2.75) is 37.5 Å². The van der Waals surface area contributed by atoms with Gasteiger partial charge in [0.05, 0.1) is 38.4 Å². The first-order valence-corrected chi connectivity index (χ1v) is 11.2. The molecule has 0 amide bonds. The molecule has 3 unspecified atom stereocenters. The zero-order valence-electron chi connectivity index (χ0n) is 18.7. The highest BCUT2D eigenvalue weighted by molar-refractivity contribution is 5.86. The van der Waals surface area contributed by atoms with Crippen LogP contribution in [0.4, 0.5) is 0 Å². The number of carbonyl (C=O) groups excluding carboxylic acids is 1. The molecule has 0 spiro atoms. The van der Waals surface area contributed by atoms with Gasteiger partial charge in [0.2, 0.25) is 0 Å². The number of esters is 1. The molecule has 2 fully saturated rings. The van der Waals surface area contributed by atoms with E-state index in [1.807, 2.05) is 6.07 Å². The number of H-pyrrole nitrogens is 1. The van der Waals surface area contributed by atoms with Gasteiger partial charge in [-0.15, -0.1) is 0 Å². The normalized spacial score (nSPS) is 32.8. The van der Waals surface area contributed by atoms with Crippen LogP contribution >= 0.6 is 0 Å². The van der Waals surface area contributed by atoms with Gasteiger partial charge in [-0.05, 0) is 48.8 Å². The van der Waals surface area contributed by atoms with Crippen molar-refractivity contribution < 1.29 is 23.7 Å². The smallest absolute Gasteiger partial charge is 0.311 e. The molecule has 7 nitrogen and oxygen atoms in total. The van der Waals surface area contributed by atoms with Crippen molar-refractivity contribution in [2.24, 2.45) is 17.8 Å². The Morgan fingerprint density at radius 3 is 2.68 bits per heavy atom. The Balaban J connectivity index is 1.52. The zero-order chi connectivity index (χ0) is 21.7. The first-order chi connectivity index (χ1) is 15.1. The van der Waals surface area contributed by atoms with E-state index in [2.05, 4.69) is 22.0 Å². The third-order valence-electron chi connectivity index (χ3n) is 7.90. The quantitative estimate of drug-likeness (QED) is 0.755. The Bertz CT molecular complexity index is 972. The molecule has 2 aromatic rings. The lowest BCUT2D eigenvalue weighted by molar-refractivity contribution is -0.179. The summed E-state index contributed by atoms with van der Waals surface area (Å²) >= 11 is 0. The number of carbonyl (C=O) groups is 1. The molecule has 1 aromatic carbocycles. The van der Waals surface area contributed by atoms with E-state index < -0.39 is 0 Å². The van der Waals surface area contributed by atoms with Crippen molar-refractivity contribution in [3.63, 3.8) is 0 Å². The maximum Gasteiger partial charge on any atom is 0.311 e. The Labute approximate surface area is 183 Å². The van der Waals surface area contributed by atoms with E-state index >= 15 is 0 Å². The van der Waals surface area contributed by atoms with E-state index in [4.69, 9.17) is 18.9 Å². The SMILES string of the molecule is COC(=O)C1C(OC)C(OC)C[C@H]2CN3CCc4c([nH]c5cc(OC)ccc45)[C@@H]3C[C@H]12. The summed E-state index contributed by atoms with van der Waals surface area (Å²) in [4.78, 5) is 19.2. The summed E-state index contributed by atoms with van der Waals surface area (Å²) < 4.78 is 22.2. The van der Waals surface area contributed by atoms with Gasteiger partial charge in [-0.1, -0.05) is 0 Å². The molecule has 7 heteroatoms. The molecule has 1 aliphatic carbocycles. The van der Waals surface area contributed by atoms with Crippen molar-refractivity contribution in [1.82, 2.24) is 9.88 Å². The van der Waals surface area contributed by atoms with E-state index in [1.54, 1.807) is 21.3 Å². The number of rotatable bonds is 4. The van der Waals surface area contributed by atoms with Gasteiger partial charge in [0.15, 0.2) is 0 Å². The highest BCUT2D eigenvalue weighted by Crippen LogP contribution is 2.50. The average Bonchev–Trinajstić information content (AvgIpc) is 3.19. The number of nitrogens with one attached hydrogen (secondary N) is 1. The fraction of sp³-hybridized carbons (Fsp3) is 0.625. The van der Waals surface area contributed by atoms with Crippen LogP contribution in [0.3, 0.4) is 0 Å². The fourth-order valence-corrected chi connectivity index (χ4v) is 6.47. The predicted molar refractivity (Wildman–Crippen MR) is 116 cm³/mol. The van der Waals surface area contributed by atoms with E-state index in [0.717, 1.165) is 43.6 Å². The predicted octanol–water partition coefficient (Wildman–Crippen LogP) is 2.93. The second-order valence-corrected chi connectivity index (χ2v) is 9.11. The second-order valence-electron chi connectivity index (χ2n) is 9.11. The van der Waals surface area contributed by atoms with E-state index in [9.17, 15) is 4.79 Å². The summed E-state index contributed by atoms with van der Waals surface area (Å²) in [5.74, 6) is 0.961. The van der Waals surface area contributed by atoms with Crippen molar-refractivity contribution in [2.75, 3.05) is 41.5 Å². The van der Waals surface area contributed by atoms with E-state index in [0.29, 0.717) is 5.92 Å². The number of fused-ring (bicyclic) bond motifs is 6. The van der Waals surface area contributed by atoms with E-state index in [-0.39, 0.29) is 36.1 Å². The van der Waals surface area contributed by atoms with Gasteiger partial charge < -0.3 is 23.9 Å².